The summed E-state index contributed by atoms with van der Waals surface area (Å²) >= 11 is 4.78. The summed E-state index contributed by atoms with van der Waals surface area (Å²) in [6.07, 6.45) is -0.650. The van der Waals surface area contributed by atoms with E-state index in [1.165, 1.54) is 11.3 Å². The molecule has 1 aliphatic rings. The van der Waals surface area contributed by atoms with Crippen molar-refractivity contribution in [2.75, 3.05) is 0 Å². The van der Waals surface area contributed by atoms with Gasteiger partial charge >= 0.3 is 0 Å². The van der Waals surface area contributed by atoms with Gasteiger partial charge in [0.25, 0.3) is 11.9 Å². The lowest BCUT2D eigenvalue weighted by Gasteiger charge is -2.04. The Bertz CT molecular complexity index is 388. The molecule has 1 amide bonds. The number of carbonyl (C=O) groups excluding carboxylic acids is 1. The van der Waals surface area contributed by atoms with E-state index >= 15 is 0 Å². The molecule has 68 valence electrons. The minimum atomic E-state index is -0.650. The van der Waals surface area contributed by atoms with Crippen LogP contribution in [0.15, 0.2) is 20.2 Å². The maximum absolute atomic E-state index is 11.2. The second-order valence-electron chi connectivity index (χ2n) is 2.47. The molecule has 1 aliphatic heterocycles. The highest BCUT2D eigenvalue weighted by Gasteiger charge is 2.29. The van der Waals surface area contributed by atoms with Gasteiger partial charge in [-0.1, -0.05) is 0 Å². The zero-order valence-electron chi connectivity index (χ0n) is 6.36. The maximum atomic E-state index is 11.2. The van der Waals surface area contributed by atoms with E-state index in [0.29, 0.717) is 0 Å². The number of aliphatic imine (C=N–C) groups is 1. The van der Waals surface area contributed by atoms with E-state index in [9.17, 15) is 4.79 Å². The second kappa shape index (κ2) is 3.12. The third kappa shape index (κ3) is 1.59. The van der Waals surface area contributed by atoms with Crippen molar-refractivity contribution < 1.29 is 9.53 Å². The normalized spacial score (nSPS) is 21.5. The Morgan fingerprint density at radius 3 is 2.92 bits per heavy atom. The molecule has 4 nitrogen and oxygen atoms in total. The SMILES string of the molecule is NC1=NC(=O)C(c2csc(Br)c2)O1. The molecule has 0 aromatic carbocycles. The van der Waals surface area contributed by atoms with Crippen LogP contribution in [0.2, 0.25) is 0 Å². The number of nitrogens with zero attached hydrogens (tertiary/aromatic N) is 1. The van der Waals surface area contributed by atoms with E-state index in [4.69, 9.17) is 10.5 Å². The monoisotopic (exact) mass is 260 g/mol. The van der Waals surface area contributed by atoms with Crippen LogP contribution in [-0.4, -0.2) is 11.9 Å². The molecule has 0 radical (unpaired) electrons. The maximum Gasteiger partial charge on any atom is 0.296 e. The van der Waals surface area contributed by atoms with E-state index in [0.717, 1.165) is 9.35 Å². The Morgan fingerprint density at radius 2 is 2.46 bits per heavy atom. The van der Waals surface area contributed by atoms with Gasteiger partial charge in [0.2, 0.25) is 6.10 Å². The summed E-state index contributed by atoms with van der Waals surface area (Å²) in [5.41, 5.74) is 6.04. The molecule has 1 aromatic heterocycles. The molecular weight excluding hydrogens is 256 g/mol. The quantitative estimate of drug-likeness (QED) is 0.831. The zero-order valence-corrected chi connectivity index (χ0v) is 8.76. The smallest absolute Gasteiger partial charge is 0.296 e. The molecular formula is C7H5BrN2O2S. The molecule has 6 heteroatoms. The third-order valence-corrected chi connectivity index (χ3v) is 3.10. The number of rotatable bonds is 1. The summed E-state index contributed by atoms with van der Waals surface area (Å²) in [6.45, 7) is 0. The number of nitrogens with two attached hydrogens (primary N) is 1. The van der Waals surface area contributed by atoms with Crippen LogP contribution in [-0.2, 0) is 9.53 Å². The van der Waals surface area contributed by atoms with Gasteiger partial charge < -0.3 is 10.5 Å². The number of halogens is 1. The fourth-order valence-electron chi connectivity index (χ4n) is 1.04. The first-order chi connectivity index (χ1) is 6.16. The van der Waals surface area contributed by atoms with Crippen LogP contribution < -0.4 is 5.73 Å². The Kier molecular flexibility index (Phi) is 2.09. The van der Waals surface area contributed by atoms with E-state index < -0.39 is 6.10 Å². The standard InChI is InChI=1S/C7H5BrN2O2S/c8-4-1-3(2-13-4)5-6(11)10-7(9)12-5/h1-2,5H,(H2,9,10,11). The molecule has 0 bridgehead atoms. The van der Waals surface area contributed by atoms with Gasteiger partial charge in [-0.05, 0) is 27.4 Å². The molecule has 0 saturated heterocycles. The highest BCUT2D eigenvalue weighted by Crippen LogP contribution is 2.29. The Balaban J connectivity index is 2.25. The Hall–Kier alpha value is -0.880. The van der Waals surface area contributed by atoms with Gasteiger partial charge in [0.05, 0.1) is 3.79 Å². The number of thiophene rings is 1. The third-order valence-electron chi connectivity index (χ3n) is 1.57. The second-order valence-corrected chi connectivity index (χ2v) is 4.76. The number of carbonyl (C=O) groups is 1. The summed E-state index contributed by atoms with van der Waals surface area (Å²) in [5, 5.41) is 1.83. The molecule has 2 N–H and O–H groups in total. The lowest BCUT2D eigenvalue weighted by molar-refractivity contribution is -0.122. The van der Waals surface area contributed by atoms with Crippen LogP contribution in [0.25, 0.3) is 0 Å². The van der Waals surface area contributed by atoms with Gasteiger partial charge in [-0.2, -0.15) is 4.99 Å². The van der Waals surface area contributed by atoms with Crippen molar-refractivity contribution in [3.8, 4) is 0 Å². The van der Waals surface area contributed by atoms with E-state index in [-0.39, 0.29) is 11.9 Å². The molecule has 1 atom stereocenters. The molecule has 0 fully saturated rings. The van der Waals surface area contributed by atoms with Gasteiger partial charge in [-0.15, -0.1) is 11.3 Å². The summed E-state index contributed by atoms with van der Waals surface area (Å²) < 4.78 is 5.99. The van der Waals surface area contributed by atoms with Crippen molar-refractivity contribution in [3.63, 3.8) is 0 Å². The van der Waals surface area contributed by atoms with Crippen LogP contribution in [0.4, 0.5) is 0 Å². The first-order valence-electron chi connectivity index (χ1n) is 3.45. The van der Waals surface area contributed by atoms with Crippen molar-refractivity contribution in [2.24, 2.45) is 10.7 Å². The molecule has 1 aromatic rings. The minimum Gasteiger partial charge on any atom is -0.447 e. The average molecular weight is 261 g/mol. The lowest BCUT2D eigenvalue weighted by atomic mass is 10.2. The van der Waals surface area contributed by atoms with Crippen molar-refractivity contribution in [3.05, 3.63) is 20.8 Å². The van der Waals surface area contributed by atoms with E-state index in [1.54, 1.807) is 0 Å². The minimum absolute atomic E-state index is 0.0580. The van der Waals surface area contributed by atoms with Gasteiger partial charge in [0.1, 0.15) is 0 Å². The van der Waals surface area contributed by atoms with Crippen LogP contribution in [0.1, 0.15) is 11.7 Å². The van der Waals surface area contributed by atoms with Crippen molar-refractivity contribution in [1.29, 1.82) is 0 Å². The number of amides is 1. The first kappa shape index (κ1) is 8.71. The number of hydrogen-bond acceptors (Lipinski definition) is 4. The molecule has 2 heterocycles. The van der Waals surface area contributed by atoms with Gasteiger partial charge in [-0.3, -0.25) is 4.79 Å². The van der Waals surface area contributed by atoms with Gasteiger partial charge in [-0.25, -0.2) is 0 Å². The van der Waals surface area contributed by atoms with Crippen molar-refractivity contribution in [1.82, 2.24) is 0 Å². The molecule has 2 rings (SSSR count). The largest absolute Gasteiger partial charge is 0.447 e. The lowest BCUT2D eigenvalue weighted by Crippen LogP contribution is -2.13. The highest BCUT2D eigenvalue weighted by atomic mass is 79.9. The average Bonchev–Trinajstić information content (AvgIpc) is 2.58. The summed E-state index contributed by atoms with van der Waals surface area (Å²) in [4.78, 5) is 14.7. The fraction of sp³-hybridized carbons (Fsp3) is 0.143. The van der Waals surface area contributed by atoms with Crippen LogP contribution in [0.3, 0.4) is 0 Å². The topological polar surface area (TPSA) is 64.7 Å². The van der Waals surface area contributed by atoms with Crippen molar-refractivity contribution in [2.45, 2.75) is 6.10 Å². The molecule has 1 unspecified atom stereocenters. The van der Waals surface area contributed by atoms with Gasteiger partial charge in [0.15, 0.2) is 0 Å². The zero-order chi connectivity index (χ0) is 9.42. The van der Waals surface area contributed by atoms with Crippen molar-refractivity contribution >= 4 is 39.2 Å². The summed E-state index contributed by atoms with van der Waals surface area (Å²) in [7, 11) is 0. The molecule has 0 saturated carbocycles. The fourth-order valence-corrected chi connectivity index (χ4v) is 2.23. The Morgan fingerprint density at radius 1 is 1.69 bits per heavy atom. The molecule has 0 spiro atoms. The summed E-state index contributed by atoms with van der Waals surface area (Å²) in [5.74, 6) is -0.345. The van der Waals surface area contributed by atoms with Crippen LogP contribution >= 0.6 is 27.3 Å². The number of amidine groups is 1. The van der Waals surface area contributed by atoms with Crippen LogP contribution in [0.5, 0.6) is 0 Å². The molecule has 13 heavy (non-hydrogen) atoms. The van der Waals surface area contributed by atoms with Crippen LogP contribution in [0, 0.1) is 0 Å². The van der Waals surface area contributed by atoms with Gasteiger partial charge in [0, 0.05) is 5.56 Å². The number of ether oxygens (including phenoxy) is 1. The summed E-state index contributed by atoms with van der Waals surface area (Å²) in [6, 6.07) is 1.76. The molecule has 0 aliphatic carbocycles. The predicted molar refractivity (Wildman–Crippen MR) is 52.5 cm³/mol. The van der Waals surface area contributed by atoms with E-state index in [2.05, 4.69) is 20.9 Å². The first-order valence-corrected chi connectivity index (χ1v) is 5.12. The Labute approximate surface area is 86.5 Å². The predicted octanol–water partition coefficient (Wildman–Crippen LogP) is 1.42. The highest BCUT2D eigenvalue weighted by molar-refractivity contribution is 9.11. The number of hydrogen-bond donors (Lipinski definition) is 1. The van der Waals surface area contributed by atoms with E-state index in [1.807, 2.05) is 11.4 Å².